The van der Waals surface area contributed by atoms with E-state index < -0.39 is 0 Å². The Morgan fingerprint density at radius 3 is 2.54 bits per heavy atom. The minimum absolute atomic E-state index is 0.0486. The number of amides is 1. The smallest absolute Gasteiger partial charge is 0.272 e. The highest BCUT2D eigenvalue weighted by Gasteiger charge is 2.24. The van der Waals surface area contributed by atoms with Gasteiger partial charge in [-0.05, 0) is 24.3 Å². The molecular weight excluding hydrogens is 306 g/mol. The molecule has 24 heavy (non-hydrogen) atoms. The molecule has 0 atom stereocenters. The number of furan rings is 1. The molecule has 1 aromatic carbocycles. The fraction of sp³-hybridized carbons (Fsp3) is 0.222. The lowest BCUT2D eigenvalue weighted by atomic mass is 10.2. The van der Waals surface area contributed by atoms with E-state index in [0.717, 1.165) is 5.69 Å². The van der Waals surface area contributed by atoms with Gasteiger partial charge in [-0.15, -0.1) is 0 Å². The highest BCUT2D eigenvalue weighted by Crippen LogP contribution is 2.23. The van der Waals surface area contributed by atoms with E-state index >= 15 is 0 Å². The van der Waals surface area contributed by atoms with Gasteiger partial charge in [0.25, 0.3) is 5.91 Å². The SMILES string of the molecule is O=C(c1cc(-c2ccco2)nn1-c1ccccc1)N1CCOCC1. The highest BCUT2D eigenvalue weighted by atomic mass is 16.5. The zero-order valence-corrected chi connectivity index (χ0v) is 13.1. The molecule has 122 valence electrons. The van der Waals surface area contributed by atoms with Gasteiger partial charge >= 0.3 is 0 Å². The van der Waals surface area contributed by atoms with Crippen LogP contribution >= 0.6 is 0 Å². The number of carbonyl (C=O) groups excluding carboxylic acids is 1. The van der Waals surface area contributed by atoms with Crippen LogP contribution in [0.3, 0.4) is 0 Å². The van der Waals surface area contributed by atoms with Gasteiger partial charge in [0, 0.05) is 19.2 Å². The molecule has 6 nitrogen and oxygen atoms in total. The van der Waals surface area contributed by atoms with Gasteiger partial charge in [-0.2, -0.15) is 5.10 Å². The van der Waals surface area contributed by atoms with Crippen LogP contribution in [-0.2, 0) is 4.74 Å². The first kappa shape index (κ1) is 14.7. The van der Waals surface area contributed by atoms with Crippen molar-refractivity contribution in [2.45, 2.75) is 0 Å². The lowest BCUT2D eigenvalue weighted by molar-refractivity contribution is 0.0297. The normalized spacial score (nSPS) is 14.8. The first-order valence-corrected chi connectivity index (χ1v) is 7.89. The number of hydrogen-bond acceptors (Lipinski definition) is 4. The summed E-state index contributed by atoms with van der Waals surface area (Å²) in [5.41, 5.74) is 2.00. The third-order valence-corrected chi connectivity index (χ3v) is 4.00. The summed E-state index contributed by atoms with van der Waals surface area (Å²) in [6.45, 7) is 2.32. The van der Waals surface area contributed by atoms with Gasteiger partial charge in [-0.25, -0.2) is 4.68 Å². The molecule has 3 aromatic rings. The van der Waals surface area contributed by atoms with Crippen LogP contribution in [0.2, 0.25) is 0 Å². The molecule has 1 saturated heterocycles. The van der Waals surface area contributed by atoms with E-state index in [1.54, 1.807) is 28.0 Å². The highest BCUT2D eigenvalue weighted by molar-refractivity contribution is 5.94. The van der Waals surface area contributed by atoms with E-state index in [-0.39, 0.29) is 5.91 Å². The van der Waals surface area contributed by atoms with Gasteiger partial charge in [0.1, 0.15) is 11.4 Å². The second-order valence-corrected chi connectivity index (χ2v) is 5.54. The van der Waals surface area contributed by atoms with E-state index in [1.165, 1.54) is 0 Å². The number of carbonyl (C=O) groups is 1. The molecule has 0 saturated carbocycles. The zero-order chi connectivity index (χ0) is 16.4. The van der Waals surface area contributed by atoms with Crippen LogP contribution in [0.15, 0.2) is 59.2 Å². The maximum Gasteiger partial charge on any atom is 0.272 e. The predicted octanol–water partition coefficient (Wildman–Crippen LogP) is 2.60. The Bertz CT molecular complexity index is 819. The van der Waals surface area contributed by atoms with Crippen molar-refractivity contribution in [3.63, 3.8) is 0 Å². The van der Waals surface area contributed by atoms with E-state index in [4.69, 9.17) is 9.15 Å². The number of ether oxygens (including phenoxy) is 1. The van der Waals surface area contributed by atoms with Gasteiger partial charge in [0.15, 0.2) is 5.76 Å². The maximum absolute atomic E-state index is 13.0. The van der Waals surface area contributed by atoms with Crippen LogP contribution < -0.4 is 0 Å². The van der Waals surface area contributed by atoms with Crippen molar-refractivity contribution in [1.82, 2.24) is 14.7 Å². The Labute approximate surface area is 139 Å². The van der Waals surface area contributed by atoms with E-state index in [9.17, 15) is 4.79 Å². The van der Waals surface area contributed by atoms with Gasteiger partial charge in [-0.1, -0.05) is 18.2 Å². The molecule has 2 aromatic heterocycles. The maximum atomic E-state index is 13.0. The van der Waals surface area contributed by atoms with Crippen molar-refractivity contribution in [3.05, 3.63) is 60.5 Å². The average molecular weight is 323 g/mol. The van der Waals surface area contributed by atoms with Crippen LogP contribution in [0.5, 0.6) is 0 Å². The van der Waals surface area contributed by atoms with Crippen molar-refractivity contribution in [2.24, 2.45) is 0 Å². The number of para-hydroxylation sites is 1. The number of hydrogen-bond donors (Lipinski definition) is 0. The van der Waals surface area contributed by atoms with E-state index in [2.05, 4.69) is 5.10 Å². The van der Waals surface area contributed by atoms with Gasteiger partial charge < -0.3 is 14.1 Å². The molecule has 4 rings (SSSR count). The Morgan fingerprint density at radius 2 is 1.83 bits per heavy atom. The monoisotopic (exact) mass is 323 g/mol. The van der Waals surface area contributed by atoms with Crippen molar-refractivity contribution in [2.75, 3.05) is 26.3 Å². The van der Waals surface area contributed by atoms with Crippen LogP contribution in [0.1, 0.15) is 10.5 Å². The summed E-state index contributed by atoms with van der Waals surface area (Å²) in [7, 11) is 0. The summed E-state index contributed by atoms with van der Waals surface area (Å²) in [5, 5.41) is 4.58. The third kappa shape index (κ3) is 2.72. The Balaban J connectivity index is 1.77. The quantitative estimate of drug-likeness (QED) is 0.743. The summed E-state index contributed by atoms with van der Waals surface area (Å²) in [6.07, 6.45) is 1.60. The molecule has 0 bridgehead atoms. The average Bonchev–Trinajstić information content (AvgIpc) is 3.32. The first-order valence-electron chi connectivity index (χ1n) is 7.89. The largest absolute Gasteiger partial charge is 0.463 e. The molecule has 1 aliphatic heterocycles. The second kappa shape index (κ2) is 6.33. The lowest BCUT2D eigenvalue weighted by Gasteiger charge is -2.26. The summed E-state index contributed by atoms with van der Waals surface area (Å²) >= 11 is 0. The number of morpholine rings is 1. The number of rotatable bonds is 3. The zero-order valence-electron chi connectivity index (χ0n) is 13.1. The standard InChI is InChI=1S/C18H17N3O3/c22-18(20-8-11-23-12-9-20)16-13-15(17-7-4-10-24-17)19-21(16)14-5-2-1-3-6-14/h1-7,10,13H,8-9,11-12H2. The van der Waals surface area contributed by atoms with Crippen LogP contribution in [0, 0.1) is 0 Å². The predicted molar refractivity (Wildman–Crippen MR) is 88.0 cm³/mol. The molecule has 1 amide bonds. The Hall–Kier alpha value is -2.86. The van der Waals surface area contributed by atoms with Crippen LogP contribution in [0.25, 0.3) is 17.1 Å². The number of benzene rings is 1. The molecule has 3 heterocycles. The molecule has 0 unspecified atom stereocenters. The number of nitrogens with zero attached hydrogens (tertiary/aromatic N) is 3. The fourth-order valence-corrected chi connectivity index (χ4v) is 2.77. The first-order chi connectivity index (χ1) is 11.8. The summed E-state index contributed by atoms with van der Waals surface area (Å²) in [6, 6.07) is 15.1. The third-order valence-electron chi connectivity index (χ3n) is 4.00. The minimum atomic E-state index is -0.0486. The van der Waals surface area contributed by atoms with Crippen molar-refractivity contribution >= 4 is 5.91 Å². The molecule has 0 spiro atoms. The molecule has 0 radical (unpaired) electrons. The van der Waals surface area contributed by atoms with Gasteiger partial charge in [0.2, 0.25) is 0 Å². The summed E-state index contributed by atoms with van der Waals surface area (Å²) < 4.78 is 12.4. The summed E-state index contributed by atoms with van der Waals surface area (Å²) in [5.74, 6) is 0.591. The van der Waals surface area contributed by atoms with Crippen LogP contribution in [0.4, 0.5) is 0 Å². The molecular formula is C18H17N3O3. The van der Waals surface area contributed by atoms with Gasteiger partial charge in [-0.3, -0.25) is 4.79 Å². The summed E-state index contributed by atoms with van der Waals surface area (Å²) in [4.78, 5) is 14.8. The molecule has 0 N–H and O–H groups in total. The minimum Gasteiger partial charge on any atom is -0.463 e. The molecule has 1 fully saturated rings. The van der Waals surface area contributed by atoms with Crippen molar-refractivity contribution < 1.29 is 13.9 Å². The lowest BCUT2D eigenvalue weighted by Crippen LogP contribution is -2.41. The molecule has 1 aliphatic rings. The van der Waals surface area contributed by atoms with E-state index in [0.29, 0.717) is 43.5 Å². The van der Waals surface area contributed by atoms with Crippen molar-refractivity contribution in [1.29, 1.82) is 0 Å². The Kier molecular flexibility index (Phi) is 3.88. The van der Waals surface area contributed by atoms with E-state index in [1.807, 2.05) is 36.4 Å². The molecule has 6 heteroatoms. The topological polar surface area (TPSA) is 60.5 Å². The van der Waals surface area contributed by atoms with Crippen molar-refractivity contribution in [3.8, 4) is 17.1 Å². The molecule has 0 aliphatic carbocycles. The van der Waals surface area contributed by atoms with Gasteiger partial charge in [0.05, 0.1) is 25.2 Å². The van der Waals surface area contributed by atoms with Crippen LogP contribution in [-0.4, -0.2) is 46.9 Å². The fourth-order valence-electron chi connectivity index (χ4n) is 2.77. The Morgan fingerprint density at radius 1 is 1.04 bits per heavy atom. The number of aromatic nitrogens is 2. The second-order valence-electron chi connectivity index (χ2n) is 5.54.